The quantitative estimate of drug-likeness (QED) is 0.382. The molecule has 1 aliphatic carbocycles. The van der Waals surface area contributed by atoms with Crippen LogP contribution in [0.3, 0.4) is 0 Å². The fourth-order valence-electron chi connectivity index (χ4n) is 4.06. The van der Waals surface area contributed by atoms with Gasteiger partial charge in [0.15, 0.2) is 5.78 Å². The van der Waals surface area contributed by atoms with Crippen LogP contribution >= 0.6 is 11.6 Å². The molecule has 0 atom stereocenters. The van der Waals surface area contributed by atoms with Crippen LogP contribution in [-0.4, -0.2) is 34.9 Å². The molecule has 0 N–H and O–H groups in total. The van der Waals surface area contributed by atoms with Crippen LogP contribution < -0.4 is 4.74 Å². The second-order valence-electron chi connectivity index (χ2n) is 8.46. The van der Waals surface area contributed by atoms with E-state index in [1.807, 2.05) is 0 Å². The largest absolute Gasteiger partial charge is 0.473 e. The molecule has 2 heterocycles. The van der Waals surface area contributed by atoms with E-state index in [0.29, 0.717) is 38.4 Å². The van der Waals surface area contributed by atoms with E-state index >= 15 is 0 Å². The third-order valence-electron chi connectivity index (χ3n) is 5.97. The number of carbonyl (C=O) groups excluding carboxylic acids is 1. The first kappa shape index (κ1) is 23.0. The molecular formula is C23H23ClF4N2O2. The lowest BCUT2D eigenvalue weighted by atomic mass is 9.97. The van der Waals surface area contributed by atoms with Crippen LogP contribution in [0.1, 0.15) is 65.6 Å². The molecule has 2 aromatic rings. The Kier molecular flexibility index (Phi) is 6.45. The van der Waals surface area contributed by atoms with Crippen LogP contribution in [0, 0.1) is 5.82 Å². The van der Waals surface area contributed by atoms with Crippen molar-refractivity contribution in [3.05, 3.63) is 57.5 Å². The number of likely N-dealkylation sites (tertiary alicyclic amines) is 1. The van der Waals surface area contributed by atoms with Crippen molar-refractivity contribution in [2.24, 2.45) is 0 Å². The Labute approximate surface area is 188 Å². The molecule has 2 aliphatic rings. The highest BCUT2D eigenvalue weighted by Crippen LogP contribution is 2.43. The van der Waals surface area contributed by atoms with Gasteiger partial charge in [0, 0.05) is 25.8 Å². The lowest BCUT2D eigenvalue weighted by Crippen LogP contribution is -2.38. The van der Waals surface area contributed by atoms with Crippen molar-refractivity contribution in [2.45, 2.75) is 57.3 Å². The Bertz CT molecular complexity index is 1020. The zero-order chi connectivity index (χ0) is 23.0. The topological polar surface area (TPSA) is 42.4 Å². The van der Waals surface area contributed by atoms with Gasteiger partial charge in [0.05, 0.1) is 11.1 Å². The van der Waals surface area contributed by atoms with Gasteiger partial charge in [-0.25, -0.2) is 9.37 Å². The van der Waals surface area contributed by atoms with Crippen LogP contribution in [0.15, 0.2) is 24.4 Å². The van der Waals surface area contributed by atoms with Crippen LogP contribution in [0.25, 0.3) is 0 Å². The number of ketones is 1. The molecule has 172 valence electrons. The molecule has 0 amide bonds. The number of pyridine rings is 1. The summed E-state index contributed by atoms with van der Waals surface area (Å²) in [7, 11) is 0. The predicted molar refractivity (Wildman–Crippen MR) is 112 cm³/mol. The summed E-state index contributed by atoms with van der Waals surface area (Å²) in [5.74, 6) is -0.379. The molecule has 0 bridgehead atoms. The lowest BCUT2D eigenvalue weighted by Gasteiger charge is -2.32. The number of aromatic nitrogens is 1. The first-order valence-electron chi connectivity index (χ1n) is 10.6. The Hall–Kier alpha value is -2.19. The summed E-state index contributed by atoms with van der Waals surface area (Å²) in [6, 6.07) is 4.01. The van der Waals surface area contributed by atoms with E-state index in [0.717, 1.165) is 36.2 Å². The maximum atomic E-state index is 14.4. The molecule has 1 saturated heterocycles. The maximum Gasteiger partial charge on any atom is 0.417 e. The second kappa shape index (κ2) is 8.98. The van der Waals surface area contributed by atoms with Crippen LogP contribution in [0.5, 0.6) is 5.88 Å². The molecule has 0 unspecified atom stereocenters. The third kappa shape index (κ3) is 5.23. The molecule has 0 spiro atoms. The monoisotopic (exact) mass is 470 g/mol. The normalized spacial score (nSPS) is 18.1. The van der Waals surface area contributed by atoms with Gasteiger partial charge in [-0.1, -0.05) is 11.6 Å². The third-order valence-corrected chi connectivity index (χ3v) is 6.24. The molecule has 2 fully saturated rings. The summed E-state index contributed by atoms with van der Waals surface area (Å²) in [6.45, 7) is 3.32. The summed E-state index contributed by atoms with van der Waals surface area (Å²) < 4.78 is 58.5. The van der Waals surface area contributed by atoms with E-state index in [-0.39, 0.29) is 28.4 Å². The number of halogens is 5. The van der Waals surface area contributed by atoms with Crippen molar-refractivity contribution in [1.82, 2.24) is 9.88 Å². The van der Waals surface area contributed by atoms with E-state index in [4.69, 9.17) is 16.3 Å². The smallest absolute Gasteiger partial charge is 0.417 e. The Morgan fingerprint density at radius 1 is 1.19 bits per heavy atom. The summed E-state index contributed by atoms with van der Waals surface area (Å²) in [5, 5.41) is -0.169. The average Bonchev–Trinajstić information content (AvgIpc) is 3.55. The van der Waals surface area contributed by atoms with Crippen molar-refractivity contribution in [2.75, 3.05) is 13.1 Å². The standard InChI is InChI=1S/C23H23ClF4N2O2/c1-13(31)18-10-19(14-2-3-14)15(8-21(18)25)12-30-6-4-17(5-7-30)32-22-20(24)9-16(11-29-22)23(26,27)28/h8-11,14,17H,2-7,12H2,1H3. The molecule has 4 nitrogen and oxygen atoms in total. The van der Waals surface area contributed by atoms with Gasteiger partial charge in [-0.3, -0.25) is 9.69 Å². The van der Waals surface area contributed by atoms with E-state index in [1.165, 1.54) is 13.0 Å². The number of benzene rings is 1. The summed E-state index contributed by atoms with van der Waals surface area (Å²) in [5.41, 5.74) is 1.18. The van der Waals surface area contributed by atoms with Gasteiger partial charge in [0.1, 0.15) is 16.9 Å². The van der Waals surface area contributed by atoms with Gasteiger partial charge in [-0.05, 0) is 67.9 Å². The van der Waals surface area contributed by atoms with E-state index in [2.05, 4.69) is 9.88 Å². The molecular weight excluding hydrogens is 448 g/mol. The first-order valence-corrected chi connectivity index (χ1v) is 10.9. The van der Waals surface area contributed by atoms with Crippen LogP contribution in [0.4, 0.5) is 17.6 Å². The Balaban J connectivity index is 1.38. The van der Waals surface area contributed by atoms with Crippen molar-refractivity contribution < 1.29 is 27.1 Å². The van der Waals surface area contributed by atoms with E-state index in [9.17, 15) is 22.4 Å². The number of nitrogens with zero attached hydrogens (tertiary/aromatic N) is 2. The number of rotatable bonds is 6. The minimum atomic E-state index is -4.51. The molecule has 0 radical (unpaired) electrons. The van der Waals surface area contributed by atoms with Crippen molar-refractivity contribution >= 4 is 17.4 Å². The lowest BCUT2D eigenvalue weighted by molar-refractivity contribution is -0.137. The summed E-state index contributed by atoms with van der Waals surface area (Å²) in [4.78, 5) is 17.6. The number of alkyl halides is 3. The second-order valence-corrected chi connectivity index (χ2v) is 8.87. The zero-order valence-corrected chi connectivity index (χ0v) is 18.3. The van der Waals surface area contributed by atoms with E-state index in [1.54, 1.807) is 6.07 Å². The summed E-state index contributed by atoms with van der Waals surface area (Å²) >= 11 is 5.94. The molecule has 1 saturated carbocycles. The minimum absolute atomic E-state index is 0.00368. The zero-order valence-electron chi connectivity index (χ0n) is 17.5. The van der Waals surface area contributed by atoms with Gasteiger partial charge in [-0.2, -0.15) is 13.2 Å². The van der Waals surface area contributed by atoms with E-state index < -0.39 is 17.6 Å². The molecule has 1 aromatic heterocycles. The van der Waals surface area contributed by atoms with Crippen LogP contribution in [-0.2, 0) is 12.7 Å². The molecule has 4 rings (SSSR count). The number of hydrogen-bond donors (Lipinski definition) is 0. The summed E-state index contributed by atoms with van der Waals surface area (Å²) in [6.07, 6.45) is -0.624. The fraction of sp³-hybridized carbons (Fsp3) is 0.478. The number of ether oxygens (including phenoxy) is 1. The number of piperidine rings is 1. The number of hydrogen-bond acceptors (Lipinski definition) is 4. The highest BCUT2D eigenvalue weighted by atomic mass is 35.5. The number of Topliss-reactive ketones (excluding diaryl/α,β-unsaturated/α-hetero) is 1. The minimum Gasteiger partial charge on any atom is -0.473 e. The molecule has 32 heavy (non-hydrogen) atoms. The average molecular weight is 471 g/mol. The predicted octanol–water partition coefficient (Wildman–Crippen LogP) is 6.02. The SMILES string of the molecule is CC(=O)c1cc(C2CC2)c(CN2CCC(Oc3ncc(C(F)(F)F)cc3Cl)CC2)cc1F. The fourth-order valence-corrected chi connectivity index (χ4v) is 4.27. The van der Waals surface area contributed by atoms with Gasteiger partial charge in [-0.15, -0.1) is 0 Å². The maximum absolute atomic E-state index is 14.4. The van der Waals surface area contributed by atoms with Gasteiger partial charge >= 0.3 is 6.18 Å². The van der Waals surface area contributed by atoms with Gasteiger partial charge in [0.25, 0.3) is 0 Å². The highest BCUT2D eigenvalue weighted by Gasteiger charge is 2.33. The van der Waals surface area contributed by atoms with Gasteiger partial charge in [0.2, 0.25) is 5.88 Å². The van der Waals surface area contributed by atoms with Crippen molar-refractivity contribution in [1.29, 1.82) is 0 Å². The highest BCUT2D eigenvalue weighted by molar-refractivity contribution is 6.31. The van der Waals surface area contributed by atoms with Crippen LogP contribution in [0.2, 0.25) is 5.02 Å². The molecule has 1 aromatic carbocycles. The Morgan fingerprint density at radius 3 is 2.44 bits per heavy atom. The van der Waals surface area contributed by atoms with Crippen molar-refractivity contribution in [3.8, 4) is 5.88 Å². The molecule has 9 heteroatoms. The number of carbonyl (C=O) groups is 1. The van der Waals surface area contributed by atoms with Crippen molar-refractivity contribution in [3.63, 3.8) is 0 Å². The van der Waals surface area contributed by atoms with Gasteiger partial charge < -0.3 is 4.74 Å². The first-order chi connectivity index (χ1) is 15.1. The molecule has 1 aliphatic heterocycles. The Morgan fingerprint density at radius 2 is 1.88 bits per heavy atom.